The zero-order valence-electron chi connectivity index (χ0n) is 17.7. The van der Waals surface area contributed by atoms with Gasteiger partial charge in [-0.1, -0.05) is 29.8 Å². The third-order valence-electron chi connectivity index (χ3n) is 5.67. The summed E-state index contributed by atoms with van der Waals surface area (Å²) in [5.41, 5.74) is 8.04. The van der Waals surface area contributed by atoms with Gasteiger partial charge in [-0.05, 0) is 73.4 Å². The number of rotatable bonds is 10. The van der Waals surface area contributed by atoms with Gasteiger partial charge in [0.05, 0.1) is 4.90 Å². The molecule has 0 saturated heterocycles. The molecule has 172 valence electrons. The Labute approximate surface area is 193 Å². The van der Waals surface area contributed by atoms with Crippen molar-refractivity contribution < 1.29 is 22.7 Å². The van der Waals surface area contributed by atoms with Crippen LogP contribution < -0.4 is 10.9 Å². The largest absolute Gasteiger partial charge is 0.446 e. The van der Waals surface area contributed by atoms with Crippen molar-refractivity contribution in [2.45, 2.75) is 62.4 Å². The van der Waals surface area contributed by atoms with E-state index >= 15 is 0 Å². The molecule has 1 aliphatic rings. The number of unbranched alkanes of at least 4 members (excludes halogenated alkanes) is 1. The van der Waals surface area contributed by atoms with Crippen molar-refractivity contribution in [2.75, 3.05) is 0 Å². The molecule has 9 heteroatoms. The minimum atomic E-state index is -3.89. The van der Waals surface area contributed by atoms with E-state index in [9.17, 15) is 18.0 Å². The summed E-state index contributed by atoms with van der Waals surface area (Å²) >= 11 is 6.19. The molecule has 2 aromatic rings. The number of primary amides is 1. The van der Waals surface area contributed by atoms with Crippen molar-refractivity contribution >= 4 is 33.5 Å². The van der Waals surface area contributed by atoms with Crippen LogP contribution in [0.2, 0.25) is 5.02 Å². The third-order valence-corrected chi connectivity index (χ3v) is 7.02. The number of aryl methyl sites for hydroxylation is 1. The SMILES string of the molecule is NC(=O)OC(CCCCC(=O)c1cc2c(c(S(N)(=O)=O)c1)CCC2)Cc1ccccc1Cl. The maximum absolute atomic E-state index is 12.7. The Morgan fingerprint density at radius 1 is 1.12 bits per heavy atom. The van der Waals surface area contributed by atoms with Crippen LogP contribution in [0.5, 0.6) is 0 Å². The molecule has 7 nitrogen and oxygen atoms in total. The highest BCUT2D eigenvalue weighted by Gasteiger charge is 2.24. The Morgan fingerprint density at radius 2 is 1.88 bits per heavy atom. The minimum Gasteiger partial charge on any atom is -0.446 e. The Morgan fingerprint density at radius 3 is 2.56 bits per heavy atom. The van der Waals surface area contributed by atoms with Crippen LogP contribution in [-0.4, -0.2) is 26.4 Å². The van der Waals surface area contributed by atoms with Gasteiger partial charge in [-0.15, -0.1) is 0 Å². The van der Waals surface area contributed by atoms with Crippen LogP contribution in [0.3, 0.4) is 0 Å². The zero-order valence-corrected chi connectivity index (χ0v) is 19.3. The van der Waals surface area contributed by atoms with E-state index in [1.54, 1.807) is 12.1 Å². The number of hydrogen-bond donors (Lipinski definition) is 2. The molecule has 0 aliphatic heterocycles. The lowest BCUT2D eigenvalue weighted by Gasteiger charge is -2.17. The normalized spacial score (nSPS) is 14.1. The first-order valence-corrected chi connectivity index (χ1v) is 12.5. The molecule has 1 amide bonds. The lowest BCUT2D eigenvalue weighted by Crippen LogP contribution is -2.24. The summed E-state index contributed by atoms with van der Waals surface area (Å²) in [6.07, 6.45) is 3.33. The second kappa shape index (κ2) is 10.5. The molecule has 0 spiro atoms. The number of primary sulfonamides is 1. The molecule has 0 aromatic heterocycles. The van der Waals surface area contributed by atoms with Crippen LogP contribution in [0.15, 0.2) is 41.3 Å². The van der Waals surface area contributed by atoms with Crippen LogP contribution in [0.1, 0.15) is 59.2 Å². The summed E-state index contributed by atoms with van der Waals surface area (Å²) in [5.74, 6) is -0.136. The average Bonchev–Trinajstić information content (AvgIpc) is 3.19. The van der Waals surface area contributed by atoms with Crippen molar-refractivity contribution in [3.05, 3.63) is 63.7 Å². The average molecular weight is 479 g/mol. The first kappa shape index (κ1) is 24.2. The van der Waals surface area contributed by atoms with Gasteiger partial charge in [0.1, 0.15) is 6.10 Å². The summed E-state index contributed by atoms with van der Waals surface area (Å²) in [5, 5.41) is 5.95. The number of carbonyl (C=O) groups is 2. The van der Waals surface area contributed by atoms with Gasteiger partial charge in [-0.25, -0.2) is 18.4 Å². The minimum absolute atomic E-state index is 0.0607. The molecular formula is C23H27ClN2O5S. The summed E-state index contributed by atoms with van der Waals surface area (Å²) in [7, 11) is -3.89. The number of Topliss-reactive ketones (excluding diaryl/α,β-unsaturated/α-hetero) is 1. The fourth-order valence-corrected chi connectivity index (χ4v) is 5.24. The Kier molecular flexibility index (Phi) is 7.92. The van der Waals surface area contributed by atoms with Crippen molar-refractivity contribution in [1.29, 1.82) is 0 Å². The quantitative estimate of drug-likeness (QED) is 0.394. The van der Waals surface area contributed by atoms with E-state index in [2.05, 4.69) is 0 Å². The second-order valence-electron chi connectivity index (χ2n) is 8.03. The second-order valence-corrected chi connectivity index (χ2v) is 9.97. The fraction of sp³-hybridized carbons (Fsp3) is 0.391. The molecule has 2 aromatic carbocycles. The van der Waals surface area contributed by atoms with Crippen molar-refractivity contribution in [3.63, 3.8) is 0 Å². The van der Waals surface area contributed by atoms with Gasteiger partial charge in [0, 0.05) is 23.4 Å². The third kappa shape index (κ3) is 6.31. The number of amides is 1. The number of fused-ring (bicyclic) bond motifs is 1. The number of carbonyl (C=O) groups excluding carboxylic acids is 2. The van der Waals surface area contributed by atoms with Crippen molar-refractivity contribution in [1.82, 2.24) is 0 Å². The lowest BCUT2D eigenvalue weighted by molar-refractivity contribution is 0.0940. The van der Waals surface area contributed by atoms with Gasteiger partial charge in [-0.2, -0.15) is 0 Å². The summed E-state index contributed by atoms with van der Waals surface area (Å²) in [4.78, 5) is 24.1. The molecule has 32 heavy (non-hydrogen) atoms. The van der Waals surface area contributed by atoms with Gasteiger partial charge in [0.2, 0.25) is 10.0 Å². The van der Waals surface area contributed by atoms with E-state index in [-0.39, 0.29) is 17.1 Å². The van der Waals surface area contributed by atoms with E-state index < -0.39 is 22.2 Å². The van der Waals surface area contributed by atoms with E-state index in [4.69, 9.17) is 27.2 Å². The maximum Gasteiger partial charge on any atom is 0.404 e. The van der Waals surface area contributed by atoms with E-state index in [1.165, 1.54) is 6.07 Å². The Bertz CT molecular complexity index is 1120. The van der Waals surface area contributed by atoms with Gasteiger partial charge >= 0.3 is 6.09 Å². The first-order valence-electron chi connectivity index (χ1n) is 10.6. The highest BCUT2D eigenvalue weighted by molar-refractivity contribution is 7.89. The van der Waals surface area contributed by atoms with Crippen molar-refractivity contribution in [2.24, 2.45) is 10.9 Å². The van der Waals surface area contributed by atoms with Crippen LogP contribution in [-0.2, 0) is 34.0 Å². The number of sulfonamides is 1. The molecule has 1 aliphatic carbocycles. The van der Waals surface area contributed by atoms with Gasteiger partial charge < -0.3 is 10.5 Å². The van der Waals surface area contributed by atoms with Crippen molar-refractivity contribution in [3.8, 4) is 0 Å². The monoisotopic (exact) mass is 478 g/mol. The molecule has 1 atom stereocenters. The van der Waals surface area contributed by atoms with E-state index in [0.717, 1.165) is 29.5 Å². The predicted molar refractivity (Wildman–Crippen MR) is 122 cm³/mol. The lowest BCUT2D eigenvalue weighted by atomic mass is 9.98. The highest BCUT2D eigenvalue weighted by Crippen LogP contribution is 2.30. The van der Waals surface area contributed by atoms with Gasteiger partial charge in [0.15, 0.2) is 5.78 Å². The molecule has 0 radical (unpaired) electrons. The number of halogens is 1. The number of ether oxygens (including phenoxy) is 1. The maximum atomic E-state index is 12.7. The summed E-state index contributed by atoms with van der Waals surface area (Å²) in [6.45, 7) is 0. The topological polar surface area (TPSA) is 130 Å². The number of benzene rings is 2. The predicted octanol–water partition coefficient (Wildman–Crippen LogP) is 3.93. The van der Waals surface area contributed by atoms with Crippen LogP contribution in [0, 0.1) is 0 Å². The first-order chi connectivity index (χ1) is 15.1. The standard InChI is InChI=1S/C23H27ClN2O5S/c24-20-10-3-1-6-16(20)13-18(31-23(25)28)8-2-4-11-21(27)17-12-15-7-5-9-19(15)22(14-17)32(26,29)30/h1,3,6,10,12,14,18H,2,4-5,7-9,11,13H2,(H2,25,28)(H2,26,29,30). The number of ketones is 1. The number of hydrogen-bond acceptors (Lipinski definition) is 5. The smallest absolute Gasteiger partial charge is 0.404 e. The molecule has 0 bridgehead atoms. The molecule has 0 saturated carbocycles. The van der Waals surface area contributed by atoms with Crippen LogP contribution in [0.4, 0.5) is 4.79 Å². The molecule has 0 heterocycles. The number of nitrogens with two attached hydrogens (primary N) is 2. The Hall–Kier alpha value is -2.42. The molecule has 0 fully saturated rings. The van der Waals surface area contributed by atoms with Gasteiger partial charge in [0.25, 0.3) is 0 Å². The van der Waals surface area contributed by atoms with Crippen LogP contribution in [0.25, 0.3) is 0 Å². The summed E-state index contributed by atoms with van der Waals surface area (Å²) in [6, 6.07) is 10.5. The molecular weight excluding hydrogens is 452 g/mol. The molecule has 3 rings (SSSR count). The van der Waals surface area contributed by atoms with E-state index in [1.807, 2.05) is 18.2 Å². The fourth-order valence-electron chi connectivity index (χ4n) is 4.16. The zero-order chi connectivity index (χ0) is 23.3. The van der Waals surface area contributed by atoms with Gasteiger partial charge in [-0.3, -0.25) is 4.79 Å². The Balaban J connectivity index is 1.60. The highest BCUT2D eigenvalue weighted by atomic mass is 35.5. The molecule has 1 unspecified atom stereocenters. The van der Waals surface area contributed by atoms with Crippen LogP contribution >= 0.6 is 11.6 Å². The van der Waals surface area contributed by atoms with E-state index in [0.29, 0.717) is 42.7 Å². The molecule has 4 N–H and O–H groups in total. The summed E-state index contributed by atoms with van der Waals surface area (Å²) < 4.78 is 29.2.